The molecule has 1 saturated carbocycles. The lowest BCUT2D eigenvalue weighted by Gasteiger charge is -2.35. The number of carbonyl (C=O) groups excluding carboxylic acids is 2. The smallest absolute Gasteiger partial charge is 0.262 e. The summed E-state index contributed by atoms with van der Waals surface area (Å²) in [7, 11) is 5.53. The number of anilines is 1. The second-order valence-corrected chi connectivity index (χ2v) is 12.0. The van der Waals surface area contributed by atoms with Crippen LogP contribution in [0.3, 0.4) is 0 Å². The Morgan fingerprint density at radius 3 is 2.71 bits per heavy atom. The summed E-state index contributed by atoms with van der Waals surface area (Å²) in [6.45, 7) is 3.25. The van der Waals surface area contributed by atoms with Crippen molar-refractivity contribution in [1.29, 1.82) is 0 Å². The number of amides is 2. The maximum absolute atomic E-state index is 13.5. The van der Waals surface area contributed by atoms with Crippen molar-refractivity contribution in [3.63, 3.8) is 0 Å². The first-order valence-corrected chi connectivity index (χ1v) is 16.0. The molecule has 0 unspecified atom stereocenters. The summed E-state index contributed by atoms with van der Waals surface area (Å²) in [6.07, 6.45) is 9.55. The van der Waals surface area contributed by atoms with Crippen LogP contribution in [0.25, 0.3) is 11.3 Å². The van der Waals surface area contributed by atoms with E-state index in [2.05, 4.69) is 44.6 Å². The highest BCUT2D eigenvalue weighted by atomic mass is 16.5. The van der Waals surface area contributed by atoms with Gasteiger partial charge in [-0.15, -0.1) is 5.10 Å². The Bertz CT molecular complexity index is 1440. The quantitative estimate of drug-likeness (QED) is 0.254. The Hall–Kier alpha value is -3.96. The summed E-state index contributed by atoms with van der Waals surface area (Å²) in [5.41, 5.74) is 4.68. The Balaban J connectivity index is 1.09. The van der Waals surface area contributed by atoms with E-state index in [1.54, 1.807) is 11.8 Å². The number of hydrogen-bond donors (Lipinski definition) is 1. The second-order valence-electron chi connectivity index (χ2n) is 12.0. The number of rotatable bonds is 15. The number of nitrogens with one attached hydrogen (secondary N) is 1. The van der Waals surface area contributed by atoms with Gasteiger partial charge in [0.25, 0.3) is 5.91 Å². The summed E-state index contributed by atoms with van der Waals surface area (Å²) < 4.78 is 18.8. The number of methoxy groups -OCH3 is 1. The van der Waals surface area contributed by atoms with Gasteiger partial charge in [-0.3, -0.25) is 14.3 Å². The standard InChI is InChI=1S/C34H46N6O5/c1-38(17-14-26-12-13-30(43-3)33-34(26)45-24-31(41)35-33)18-19-40(28-10-5-4-6-11-28)32(42)16-21-44-20-15-25-8-7-9-27(22-25)29-23-39(2)37-36-29/h7-9,12-13,22-23,28H,4-6,10-11,14-21,24H2,1-3H3,(H,35,41). The Morgan fingerprint density at radius 2 is 1.93 bits per heavy atom. The maximum Gasteiger partial charge on any atom is 0.262 e. The molecule has 2 amide bonds. The minimum absolute atomic E-state index is 0.00224. The number of benzene rings is 2. The van der Waals surface area contributed by atoms with Gasteiger partial charge in [-0.25, -0.2) is 0 Å². The summed E-state index contributed by atoms with van der Waals surface area (Å²) in [6, 6.07) is 12.4. The molecule has 5 rings (SSSR count). The third-order valence-corrected chi connectivity index (χ3v) is 8.67. The van der Waals surface area contributed by atoms with E-state index in [1.807, 2.05) is 37.5 Å². The molecule has 1 fully saturated rings. The molecule has 2 heterocycles. The fourth-order valence-electron chi connectivity index (χ4n) is 6.14. The average molecular weight is 619 g/mol. The lowest BCUT2D eigenvalue weighted by molar-refractivity contribution is -0.135. The van der Waals surface area contributed by atoms with Crippen molar-refractivity contribution in [3.8, 4) is 22.8 Å². The molecular weight excluding hydrogens is 572 g/mol. The van der Waals surface area contributed by atoms with Crippen molar-refractivity contribution >= 4 is 17.5 Å². The van der Waals surface area contributed by atoms with Gasteiger partial charge in [0, 0.05) is 38.3 Å². The van der Waals surface area contributed by atoms with Crippen molar-refractivity contribution in [2.24, 2.45) is 7.05 Å². The van der Waals surface area contributed by atoms with E-state index >= 15 is 0 Å². The number of fused-ring (bicyclic) bond motifs is 1. The molecule has 45 heavy (non-hydrogen) atoms. The third-order valence-electron chi connectivity index (χ3n) is 8.67. The molecule has 11 heteroatoms. The minimum Gasteiger partial charge on any atom is -0.494 e. The molecule has 2 aromatic carbocycles. The van der Waals surface area contributed by atoms with Crippen LogP contribution in [0, 0.1) is 0 Å². The first-order chi connectivity index (χ1) is 21.9. The van der Waals surface area contributed by atoms with Crippen LogP contribution in [-0.2, 0) is 34.2 Å². The Morgan fingerprint density at radius 1 is 1.09 bits per heavy atom. The number of aromatic nitrogens is 3. The van der Waals surface area contributed by atoms with Crippen LogP contribution in [0.5, 0.6) is 11.5 Å². The van der Waals surface area contributed by atoms with E-state index in [0.717, 1.165) is 55.6 Å². The molecule has 1 aliphatic heterocycles. The highest BCUT2D eigenvalue weighted by Gasteiger charge is 2.26. The molecule has 1 aliphatic carbocycles. The van der Waals surface area contributed by atoms with Gasteiger partial charge in [0.15, 0.2) is 12.4 Å². The average Bonchev–Trinajstić information content (AvgIpc) is 3.50. The first-order valence-electron chi connectivity index (χ1n) is 16.0. The van der Waals surface area contributed by atoms with Gasteiger partial charge < -0.3 is 29.3 Å². The van der Waals surface area contributed by atoms with Crippen LogP contribution in [-0.4, -0.2) is 96.3 Å². The van der Waals surface area contributed by atoms with E-state index in [1.165, 1.54) is 24.8 Å². The molecule has 1 N–H and O–H groups in total. The predicted octanol–water partition coefficient (Wildman–Crippen LogP) is 4.11. The fraction of sp³-hybridized carbons (Fsp3) is 0.529. The lowest BCUT2D eigenvalue weighted by Crippen LogP contribution is -2.45. The number of hydrogen-bond acceptors (Lipinski definition) is 8. The highest BCUT2D eigenvalue weighted by molar-refractivity contribution is 5.97. The molecule has 0 atom stereocenters. The zero-order valence-corrected chi connectivity index (χ0v) is 26.8. The molecule has 0 radical (unpaired) electrons. The van der Waals surface area contributed by atoms with Gasteiger partial charge in [-0.1, -0.05) is 48.7 Å². The van der Waals surface area contributed by atoms with Gasteiger partial charge >= 0.3 is 0 Å². The lowest BCUT2D eigenvalue weighted by atomic mass is 9.94. The van der Waals surface area contributed by atoms with Gasteiger partial charge in [-0.05, 0) is 56.0 Å². The normalized spacial score (nSPS) is 15.0. The van der Waals surface area contributed by atoms with Gasteiger partial charge in [0.05, 0.1) is 32.9 Å². The summed E-state index contributed by atoms with van der Waals surface area (Å²) in [4.78, 5) is 29.7. The van der Waals surface area contributed by atoms with E-state index in [4.69, 9.17) is 14.2 Å². The van der Waals surface area contributed by atoms with Crippen LogP contribution in [0.4, 0.5) is 5.69 Å². The van der Waals surface area contributed by atoms with Crippen LogP contribution in [0.1, 0.15) is 49.7 Å². The van der Waals surface area contributed by atoms with Crippen LogP contribution < -0.4 is 14.8 Å². The fourth-order valence-corrected chi connectivity index (χ4v) is 6.14. The Kier molecular flexibility index (Phi) is 11.4. The summed E-state index contributed by atoms with van der Waals surface area (Å²) in [5, 5.41) is 11.1. The summed E-state index contributed by atoms with van der Waals surface area (Å²) in [5.74, 6) is 1.26. The first kappa shape index (κ1) is 32.4. The number of likely N-dealkylation sites (N-methyl/N-ethyl adjacent to an activating group) is 1. The molecule has 0 bridgehead atoms. The van der Waals surface area contributed by atoms with Crippen molar-refractivity contribution < 1.29 is 23.8 Å². The van der Waals surface area contributed by atoms with Crippen molar-refractivity contribution in [2.45, 2.75) is 57.4 Å². The maximum atomic E-state index is 13.5. The van der Waals surface area contributed by atoms with Gasteiger partial charge in [0.2, 0.25) is 5.91 Å². The zero-order valence-electron chi connectivity index (χ0n) is 26.8. The summed E-state index contributed by atoms with van der Waals surface area (Å²) >= 11 is 0. The van der Waals surface area contributed by atoms with Gasteiger partial charge in [-0.2, -0.15) is 0 Å². The molecular formula is C34H46N6O5. The topological polar surface area (TPSA) is 111 Å². The third kappa shape index (κ3) is 8.82. The van der Waals surface area contributed by atoms with Crippen molar-refractivity contribution in [2.75, 3.05) is 58.9 Å². The number of nitrogens with zero attached hydrogens (tertiary/aromatic N) is 5. The van der Waals surface area contributed by atoms with Gasteiger partial charge in [0.1, 0.15) is 17.1 Å². The number of aryl methyl sites for hydroxylation is 1. The van der Waals surface area contributed by atoms with Crippen molar-refractivity contribution in [3.05, 3.63) is 53.7 Å². The largest absolute Gasteiger partial charge is 0.494 e. The van der Waals surface area contributed by atoms with Crippen LogP contribution in [0.15, 0.2) is 42.6 Å². The highest BCUT2D eigenvalue weighted by Crippen LogP contribution is 2.40. The second kappa shape index (κ2) is 15.9. The van der Waals surface area contributed by atoms with E-state index in [0.29, 0.717) is 49.4 Å². The minimum atomic E-state index is -0.183. The van der Waals surface area contributed by atoms with E-state index in [9.17, 15) is 9.59 Å². The Labute approximate surface area is 265 Å². The molecule has 0 spiro atoms. The molecule has 1 aromatic heterocycles. The van der Waals surface area contributed by atoms with E-state index < -0.39 is 0 Å². The monoisotopic (exact) mass is 618 g/mol. The zero-order chi connectivity index (χ0) is 31.6. The number of carbonyl (C=O) groups is 2. The molecule has 11 nitrogen and oxygen atoms in total. The van der Waals surface area contributed by atoms with Crippen LogP contribution >= 0.6 is 0 Å². The molecule has 242 valence electrons. The predicted molar refractivity (Wildman–Crippen MR) is 172 cm³/mol. The SMILES string of the molecule is COc1ccc(CCN(C)CCN(C(=O)CCOCCc2cccc(-c3cn(C)nn3)c2)C2CCCCC2)c2c1NC(=O)CO2. The van der Waals surface area contributed by atoms with E-state index in [-0.39, 0.29) is 18.4 Å². The molecule has 2 aliphatic rings. The number of ether oxygens (including phenoxy) is 3. The molecule has 0 saturated heterocycles. The molecule has 3 aromatic rings. The van der Waals surface area contributed by atoms with Crippen LogP contribution in [0.2, 0.25) is 0 Å². The van der Waals surface area contributed by atoms with Crippen molar-refractivity contribution in [1.82, 2.24) is 24.8 Å².